The number of H-pyrrole nitrogens is 1. The molecule has 7 heteroatoms. The van der Waals surface area contributed by atoms with E-state index >= 15 is 0 Å². The summed E-state index contributed by atoms with van der Waals surface area (Å²) in [4.78, 5) is 36.8. The Labute approximate surface area is 138 Å². The van der Waals surface area contributed by atoms with Gasteiger partial charge in [-0.15, -0.1) is 0 Å². The van der Waals surface area contributed by atoms with Crippen LogP contribution in [0.25, 0.3) is 0 Å². The summed E-state index contributed by atoms with van der Waals surface area (Å²) in [6.07, 6.45) is 1.54. The van der Waals surface area contributed by atoms with E-state index in [-0.39, 0.29) is 12.7 Å². The van der Waals surface area contributed by atoms with Gasteiger partial charge in [-0.1, -0.05) is 17.7 Å². The first-order valence-electron chi connectivity index (χ1n) is 7.56. The molecule has 0 aliphatic heterocycles. The van der Waals surface area contributed by atoms with Crippen molar-refractivity contribution >= 4 is 5.97 Å². The molecule has 0 aliphatic rings. The number of hydrogen-bond acceptors (Lipinski definition) is 5. The van der Waals surface area contributed by atoms with Crippen LogP contribution in [-0.2, 0) is 16.0 Å². The second kappa shape index (κ2) is 8.26. The van der Waals surface area contributed by atoms with Gasteiger partial charge < -0.3 is 14.0 Å². The number of nitrogens with one attached hydrogen (secondary N) is 1. The zero-order valence-corrected chi connectivity index (χ0v) is 13.7. The van der Waals surface area contributed by atoms with Crippen molar-refractivity contribution in [3.8, 4) is 0 Å². The highest BCUT2D eigenvalue weighted by Crippen LogP contribution is 2.07. The van der Waals surface area contributed by atoms with Crippen molar-refractivity contribution in [3.63, 3.8) is 0 Å². The molecule has 0 aliphatic carbocycles. The first-order valence-corrected chi connectivity index (χ1v) is 7.56. The fourth-order valence-corrected chi connectivity index (χ4v) is 2.11. The molecular formula is C17H20N2O5. The third-order valence-electron chi connectivity index (χ3n) is 3.61. The third kappa shape index (κ3) is 4.92. The summed E-state index contributed by atoms with van der Waals surface area (Å²) in [7, 11) is 1.51. The lowest BCUT2D eigenvalue weighted by Crippen LogP contribution is -2.31. The topological polar surface area (TPSA) is 90.4 Å². The highest BCUT2D eigenvalue weighted by Gasteiger charge is 2.13. The number of aromatic amines is 1. The van der Waals surface area contributed by atoms with E-state index in [0.29, 0.717) is 18.5 Å². The average Bonchev–Trinajstić information content (AvgIpc) is 2.57. The molecule has 0 bridgehead atoms. The number of aryl methyl sites for hydroxylation is 2. The van der Waals surface area contributed by atoms with Crippen LogP contribution in [0.1, 0.15) is 22.3 Å². The van der Waals surface area contributed by atoms with Gasteiger partial charge >= 0.3 is 11.7 Å². The van der Waals surface area contributed by atoms with E-state index in [1.165, 1.54) is 23.9 Å². The molecule has 1 heterocycles. The molecule has 1 unspecified atom stereocenters. The van der Waals surface area contributed by atoms with E-state index in [1.807, 2.05) is 19.1 Å². The van der Waals surface area contributed by atoms with Crippen LogP contribution in [0.5, 0.6) is 0 Å². The summed E-state index contributed by atoms with van der Waals surface area (Å²) < 4.78 is 11.9. The van der Waals surface area contributed by atoms with Gasteiger partial charge in [-0.2, -0.15) is 0 Å². The second-order valence-electron chi connectivity index (χ2n) is 5.41. The van der Waals surface area contributed by atoms with E-state index in [1.54, 1.807) is 12.1 Å². The Hall–Kier alpha value is -2.67. The maximum absolute atomic E-state index is 12.0. The molecule has 0 radical (unpaired) electrons. The number of rotatable bonds is 7. The summed E-state index contributed by atoms with van der Waals surface area (Å²) in [5.41, 5.74) is 0.626. The maximum Gasteiger partial charge on any atom is 0.338 e. The Kier molecular flexibility index (Phi) is 6.08. The number of methoxy groups -OCH3 is 1. The van der Waals surface area contributed by atoms with Crippen LogP contribution < -0.4 is 11.2 Å². The van der Waals surface area contributed by atoms with Crippen molar-refractivity contribution in [2.45, 2.75) is 26.0 Å². The van der Waals surface area contributed by atoms with Crippen molar-refractivity contribution < 1.29 is 14.3 Å². The van der Waals surface area contributed by atoms with Crippen molar-refractivity contribution in [2.75, 3.05) is 13.7 Å². The Morgan fingerprint density at radius 1 is 1.21 bits per heavy atom. The lowest BCUT2D eigenvalue weighted by Gasteiger charge is -2.16. The molecule has 1 aromatic heterocycles. The minimum Gasteiger partial charge on any atom is -0.459 e. The Morgan fingerprint density at radius 3 is 2.54 bits per heavy atom. The van der Waals surface area contributed by atoms with Crippen LogP contribution in [0.2, 0.25) is 0 Å². The fraction of sp³-hybridized carbons (Fsp3) is 0.353. The van der Waals surface area contributed by atoms with Gasteiger partial charge in [0.25, 0.3) is 5.56 Å². The Balaban J connectivity index is 1.87. The lowest BCUT2D eigenvalue weighted by atomic mass is 10.1. The molecule has 128 valence electrons. The molecule has 2 rings (SSSR count). The molecule has 7 nitrogen and oxygen atoms in total. The highest BCUT2D eigenvalue weighted by atomic mass is 16.6. The normalized spacial score (nSPS) is 11.9. The van der Waals surface area contributed by atoms with Gasteiger partial charge in [0.05, 0.1) is 11.7 Å². The highest BCUT2D eigenvalue weighted by molar-refractivity contribution is 5.89. The predicted molar refractivity (Wildman–Crippen MR) is 88.2 cm³/mol. The van der Waals surface area contributed by atoms with Crippen molar-refractivity contribution in [2.24, 2.45) is 0 Å². The minimum absolute atomic E-state index is 0.0846. The number of aromatic nitrogens is 2. The first kappa shape index (κ1) is 17.7. The van der Waals surface area contributed by atoms with Gasteiger partial charge in [0.15, 0.2) is 0 Å². The molecule has 1 atom stereocenters. The summed E-state index contributed by atoms with van der Waals surface area (Å²) in [5.74, 6) is -0.418. The fourth-order valence-electron chi connectivity index (χ4n) is 2.11. The van der Waals surface area contributed by atoms with Crippen molar-refractivity contribution in [1.29, 1.82) is 0 Å². The second-order valence-corrected chi connectivity index (χ2v) is 5.41. The summed E-state index contributed by atoms with van der Waals surface area (Å²) in [6.45, 7) is 2.37. The van der Waals surface area contributed by atoms with Crippen LogP contribution in [0.4, 0.5) is 0 Å². The number of carbonyl (C=O) groups excluding carboxylic acids is 1. The molecule has 0 spiro atoms. The largest absolute Gasteiger partial charge is 0.459 e. The zero-order valence-electron chi connectivity index (χ0n) is 13.7. The molecule has 0 saturated heterocycles. The van der Waals surface area contributed by atoms with Crippen LogP contribution in [0.15, 0.2) is 46.1 Å². The number of carbonyl (C=O) groups is 1. The monoisotopic (exact) mass is 332 g/mol. The van der Waals surface area contributed by atoms with Crippen molar-refractivity contribution in [3.05, 3.63) is 68.5 Å². The number of nitrogens with zero attached hydrogens (tertiary/aromatic N) is 1. The van der Waals surface area contributed by atoms with Crippen LogP contribution >= 0.6 is 0 Å². The molecule has 2 aromatic rings. The standard InChI is InChI=1S/C17H20N2O5/c1-12-3-5-13(6-4-12)16(21)24-11-14(23-2)7-9-19-10-8-15(20)18-17(19)22/h3-6,8,10,14H,7,9,11H2,1-2H3,(H,18,20,22). The van der Waals surface area contributed by atoms with Gasteiger partial charge in [-0.3, -0.25) is 9.78 Å². The first-order chi connectivity index (χ1) is 11.5. The predicted octanol–water partition coefficient (Wildman–Crippen LogP) is 1.11. The lowest BCUT2D eigenvalue weighted by molar-refractivity contribution is 0.00650. The summed E-state index contributed by atoms with van der Waals surface area (Å²) >= 11 is 0. The van der Waals surface area contributed by atoms with Crippen LogP contribution in [-0.4, -0.2) is 35.3 Å². The van der Waals surface area contributed by atoms with Crippen LogP contribution in [0.3, 0.4) is 0 Å². The molecule has 1 aromatic carbocycles. The van der Waals surface area contributed by atoms with Gasteiger partial charge in [-0.25, -0.2) is 9.59 Å². The number of esters is 1. The number of hydrogen-bond donors (Lipinski definition) is 1. The van der Waals surface area contributed by atoms with Gasteiger partial charge in [0.1, 0.15) is 6.61 Å². The average molecular weight is 332 g/mol. The van der Waals surface area contributed by atoms with E-state index < -0.39 is 17.2 Å². The number of ether oxygens (including phenoxy) is 2. The number of benzene rings is 1. The Morgan fingerprint density at radius 2 is 1.92 bits per heavy atom. The molecule has 0 amide bonds. The van der Waals surface area contributed by atoms with Gasteiger partial charge in [0.2, 0.25) is 0 Å². The molecule has 0 saturated carbocycles. The SMILES string of the molecule is COC(CCn1ccc(=O)[nH]c1=O)COC(=O)c1ccc(C)cc1. The molecule has 0 fully saturated rings. The molecule has 1 N–H and O–H groups in total. The summed E-state index contributed by atoms with van der Waals surface area (Å²) in [6, 6.07) is 8.37. The third-order valence-corrected chi connectivity index (χ3v) is 3.61. The quantitative estimate of drug-likeness (QED) is 0.767. The smallest absolute Gasteiger partial charge is 0.338 e. The Bertz CT molecular complexity index is 792. The van der Waals surface area contributed by atoms with E-state index in [0.717, 1.165) is 5.56 Å². The van der Waals surface area contributed by atoms with Gasteiger partial charge in [-0.05, 0) is 25.5 Å². The summed E-state index contributed by atoms with van der Waals surface area (Å²) in [5, 5.41) is 0. The van der Waals surface area contributed by atoms with Crippen molar-refractivity contribution in [1.82, 2.24) is 9.55 Å². The minimum atomic E-state index is -0.478. The maximum atomic E-state index is 12.0. The van der Waals surface area contributed by atoms with E-state index in [9.17, 15) is 14.4 Å². The molecule has 24 heavy (non-hydrogen) atoms. The van der Waals surface area contributed by atoms with E-state index in [2.05, 4.69) is 4.98 Å². The zero-order chi connectivity index (χ0) is 17.5. The van der Waals surface area contributed by atoms with E-state index in [4.69, 9.17) is 9.47 Å². The van der Waals surface area contributed by atoms with Crippen LogP contribution in [0, 0.1) is 6.92 Å². The molecular weight excluding hydrogens is 312 g/mol. The van der Waals surface area contributed by atoms with Gasteiger partial charge in [0, 0.05) is 25.9 Å².